The molecule has 1 aromatic heterocycles. The number of hydrogen-bond donors (Lipinski definition) is 3. The van der Waals surface area contributed by atoms with E-state index >= 15 is 0 Å². The molecule has 3 N–H and O–H groups in total. The summed E-state index contributed by atoms with van der Waals surface area (Å²) in [6.07, 6.45) is 0. The number of carbonyl (C=O) groups is 2. The predicted octanol–water partition coefficient (Wildman–Crippen LogP) is 1.99. The minimum absolute atomic E-state index is 0.0828. The summed E-state index contributed by atoms with van der Waals surface area (Å²) in [5.41, 5.74) is 1.32. The Hall–Kier alpha value is -2.83. The first-order valence-corrected chi connectivity index (χ1v) is 6.37. The van der Waals surface area contributed by atoms with Crippen LogP contribution in [0.25, 0.3) is 0 Å². The molecule has 7 heteroatoms. The number of nitrogens with one attached hydrogen (secondary N) is 3. The molecule has 0 fully saturated rings. The summed E-state index contributed by atoms with van der Waals surface area (Å²) in [6.45, 7) is 3.29. The molecule has 0 aliphatic rings. The molecule has 1 heterocycles. The third-order valence-corrected chi connectivity index (χ3v) is 2.55. The number of rotatable bonds is 5. The van der Waals surface area contributed by atoms with Crippen molar-refractivity contribution < 1.29 is 14.1 Å². The molecule has 0 spiro atoms. The van der Waals surface area contributed by atoms with E-state index < -0.39 is 0 Å². The van der Waals surface area contributed by atoms with Gasteiger partial charge in [-0.25, -0.2) is 0 Å². The van der Waals surface area contributed by atoms with Crippen LogP contribution in [0.1, 0.15) is 12.7 Å². The van der Waals surface area contributed by atoms with E-state index in [-0.39, 0.29) is 18.4 Å². The topological polar surface area (TPSA) is 96.3 Å². The fourth-order valence-corrected chi connectivity index (χ4v) is 1.67. The van der Waals surface area contributed by atoms with Gasteiger partial charge in [-0.15, -0.1) is 0 Å². The highest BCUT2D eigenvalue weighted by Crippen LogP contribution is 2.13. The maximum absolute atomic E-state index is 11.8. The summed E-state index contributed by atoms with van der Waals surface area (Å²) in [5.74, 6) is 0.844. The summed E-state index contributed by atoms with van der Waals surface area (Å²) in [4.78, 5) is 22.6. The highest BCUT2D eigenvalue weighted by molar-refractivity contribution is 5.94. The number of aryl methyl sites for hydroxylation is 1. The van der Waals surface area contributed by atoms with Crippen molar-refractivity contribution in [3.63, 3.8) is 0 Å². The standard InChI is InChI=1S/C14H16N4O3/c1-9-7-13(18-21-9)15-8-14(20)17-12-5-3-11(4-6-12)16-10(2)19/h3-7H,8H2,1-2H3,(H,15,18)(H,16,19)(H,17,20). The molecule has 7 nitrogen and oxygen atoms in total. The molecule has 0 bridgehead atoms. The van der Waals surface area contributed by atoms with Crippen LogP contribution < -0.4 is 16.0 Å². The molecule has 21 heavy (non-hydrogen) atoms. The van der Waals surface area contributed by atoms with Gasteiger partial charge in [0, 0.05) is 24.4 Å². The zero-order chi connectivity index (χ0) is 15.2. The third-order valence-electron chi connectivity index (χ3n) is 2.55. The van der Waals surface area contributed by atoms with Crippen molar-refractivity contribution in [3.05, 3.63) is 36.1 Å². The van der Waals surface area contributed by atoms with Gasteiger partial charge >= 0.3 is 0 Å². The Balaban J connectivity index is 1.83. The largest absolute Gasteiger partial charge is 0.360 e. The van der Waals surface area contributed by atoms with Crippen molar-refractivity contribution in [2.24, 2.45) is 0 Å². The van der Waals surface area contributed by atoms with Crippen molar-refractivity contribution in [1.82, 2.24) is 5.16 Å². The van der Waals surface area contributed by atoms with Gasteiger partial charge < -0.3 is 20.5 Å². The summed E-state index contributed by atoms with van der Waals surface area (Å²) in [7, 11) is 0. The highest BCUT2D eigenvalue weighted by atomic mass is 16.5. The number of amides is 2. The Kier molecular flexibility index (Phi) is 4.55. The van der Waals surface area contributed by atoms with Gasteiger partial charge in [0.05, 0.1) is 6.54 Å². The molecular formula is C14H16N4O3. The van der Waals surface area contributed by atoms with Gasteiger partial charge in [-0.1, -0.05) is 5.16 Å². The molecule has 0 radical (unpaired) electrons. The molecule has 0 unspecified atom stereocenters. The summed E-state index contributed by atoms with van der Waals surface area (Å²) >= 11 is 0. The summed E-state index contributed by atoms with van der Waals surface area (Å²) in [5, 5.41) is 12.0. The van der Waals surface area contributed by atoms with E-state index in [1.807, 2.05) is 0 Å². The molecule has 1 aromatic carbocycles. The number of nitrogens with zero attached hydrogens (tertiary/aromatic N) is 1. The monoisotopic (exact) mass is 288 g/mol. The molecule has 2 rings (SSSR count). The third kappa shape index (κ3) is 4.64. The van der Waals surface area contributed by atoms with Crippen LogP contribution in [0.3, 0.4) is 0 Å². The lowest BCUT2D eigenvalue weighted by Crippen LogP contribution is -2.21. The number of anilines is 3. The van der Waals surface area contributed by atoms with Crippen molar-refractivity contribution in [2.45, 2.75) is 13.8 Å². The molecule has 0 aliphatic carbocycles. The molecule has 0 saturated heterocycles. The summed E-state index contributed by atoms with van der Waals surface area (Å²) in [6, 6.07) is 8.55. The molecule has 2 aromatic rings. The lowest BCUT2D eigenvalue weighted by Gasteiger charge is -2.07. The first kappa shape index (κ1) is 14.6. The zero-order valence-electron chi connectivity index (χ0n) is 11.8. The molecular weight excluding hydrogens is 272 g/mol. The van der Waals surface area contributed by atoms with E-state index in [2.05, 4.69) is 21.1 Å². The smallest absolute Gasteiger partial charge is 0.243 e. The van der Waals surface area contributed by atoms with E-state index in [1.54, 1.807) is 37.3 Å². The second-order valence-corrected chi connectivity index (χ2v) is 4.48. The van der Waals surface area contributed by atoms with Crippen LogP contribution in [-0.4, -0.2) is 23.5 Å². The van der Waals surface area contributed by atoms with E-state index in [0.717, 1.165) is 0 Å². The van der Waals surface area contributed by atoms with Gasteiger partial charge in [0.15, 0.2) is 5.82 Å². The van der Waals surface area contributed by atoms with Gasteiger partial charge in [0.1, 0.15) is 5.76 Å². The summed E-state index contributed by atoms with van der Waals surface area (Å²) < 4.78 is 4.88. The average molecular weight is 288 g/mol. The SMILES string of the molecule is CC(=O)Nc1ccc(NC(=O)CNc2cc(C)on2)cc1. The Bertz CT molecular complexity index is 634. The zero-order valence-corrected chi connectivity index (χ0v) is 11.8. The van der Waals surface area contributed by atoms with Gasteiger partial charge in [-0.2, -0.15) is 0 Å². The molecule has 0 aliphatic heterocycles. The van der Waals surface area contributed by atoms with Crippen LogP contribution >= 0.6 is 0 Å². The minimum Gasteiger partial charge on any atom is -0.360 e. The highest BCUT2D eigenvalue weighted by Gasteiger charge is 2.05. The van der Waals surface area contributed by atoms with E-state index in [0.29, 0.717) is 23.0 Å². The fourth-order valence-electron chi connectivity index (χ4n) is 1.67. The van der Waals surface area contributed by atoms with E-state index in [9.17, 15) is 9.59 Å². The first-order valence-electron chi connectivity index (χ1n) is 6.37. The van der Waals surface area contributed by atoms with E-state index in [1.165, 1.54) is 6.92 Å². The molecule has 0 atom stereocenters. The lowest BCUT2D eigenvalue weighted by molar-refractivity contribution is -0.115. The van der Waals surface area contributed by atoms with Crippen molar-refractivity contribution in [2.75, 3.05) is 22.5 Å². The van der Waals surface area contributed by atoms with Crippen LogP contribution in [0.5, 0.6) is 0 Å². The molecule has 2 amide bonds. The van der Waals surface area contributed by atoms with Gasteiger partial charge in [0.2, 0.25) is 11.8 Å². The maximum atomic E-state index is 11.8. The minimum atomic E-state index is -0.206. The Morgan fingerprint density at radius 3 is 2.29 bits per heavy atom. The fraction of sp³-hybridized carbons (Fsp3) is 0.214. The van der Waals surface area contributed by atoms with Crippen LogP contribution in [0.4, 0.5) is 17.2 Å². The van der Waals surface area contributed by atoms with Crippen molar-refractivity contribution in [3.8, 4) is 0 Å². The first-order chi connectivity index (χ1) is 10.0. The Labute approximate surface area is 121 Å². The Morgan fingerprint density at radius 2 is 1.76 bits per heavy atom. The predicted molar refractivity (Wildman–Crippen MR) is 79.1 cm³/mol. The van der Waals surface area contributed by atoms with Crippen LogP contribution in [0, 0.1) is 6.92 Å². The number of aromatic nitrogens is 1. The quantitative estimate of drug-likeness (QED) is 0.782. The maximum Gasteiger partial charge on any atom is 0.243 e. The number of carbonyl (C=O) groups excluding carboxylic acids is 2. The average Bonchev–Trinajstić information content (AvgIpc) is 2.84. The van der Waals surface area contributed by atoms with Crippen LogP contribution in [0.15, 0.2) is 34.9 Å². The van der Waals surface area contributed by atoms with Crippen LogP contribution in [-0.2, 0) is 9.59 Å². The lowest BCUT2D eigenvalue weighted by atomic mass is 10.2. The number of hydrogen-bond acceptors (Lipinski definition) is 5. The normalized spacial score (nSPS) is 10.0. The Morgan fingerprint density at radius 1 is 1.14 bits per heavy atom. The van der Waals surface area contributed by atoms with Crippen molar-refractivity contribution >= 4 is 29.0 Å². The van der Waals surface area contributed by atoms with Gasteiger partial charge in [0.25, 0.3) is 0 Å². The van der Waals surface area contributed by atoms with E-state index in [4.69, 9.17) is 4.52 Å². The number of benzene rings is 1. The second-order valence-electron chi connectivity index (χ2n) is 4.48. The van der Waals surface area contributed by atoms with Gasteiger partial charge in [-0.05, 0) is 31.2 Å². The molecule has 110 valence electrons. The van der Waals surface area contributed by atoms with Gasteiger partial charge in [-0.3, -0.25) is 9.59 Å². The van der Waals surface area contributed by atoms with Crippen molar-refractivity contribution in [1.29, 1.82) is 0 Å². The van der Waals surface area contributed by atoms with Crippen LogP contribution in [0.2, 0.25) is 0 Å². The second kappa shape index (κ2) is 6.56. The molecule has 0 saturated carbocycles.